The number of allylic oxidation sites excluding steroid dienone is 2. The van der Waals surface area contributed by atoms with Gasteiger partial charge < -0.3 is 4.74 Å². The van der Waals surface area contributed by atoms with Crippen molar-refractivity contribution < 1.29 is 14.3 Å². The lowest BCUT2D eigenvalue weighted by atomic mass is 9.69. The molecule has 2 aromatic rings. The van der Waals surface area contributed by atoms with Crippen LogP contribution in [0.15, 0.2) is 75.3 Å². The van der Waals surface area contributed by atoms with Gasteiger partial charge in [-0.3, -0.25) is 14.6 Å². The fourth-order valence-electron chi connectivity index (χ4n) is 5.78. The highest BCUT2D eigenvalue weighted by molar-refractivity contribution is 9.10. The number of halogens is 1. The third-order valence-corrected chi connectivity index (χ3v) is 8.01. The molecule has 1 heterocycles. The number of Topliss-reactive ketones (excluding diaryl/α,β-unsaturated/α-hetero) is 1. The summed E-state index contributed by atoms with van der Waals surface area (Å²) in [4.78, 5) is 32.1. The van der Waals surface area contributed by atoms with Gasteiger partial charge in [0.15, 0.2) is 5.78 Å². The maximum atomic E-state index is 13.6. The highest BCUT2D eigenvalue weighted by Gasteiger charge is 2.45. The standard InChI is InChI=1S/C29H30BrNO3/c1-18-26(29(33)34-23-10-6-3-7-11-23)27(20-12-14-22(30)15-13-20)28-24(31-18)16-21(17-25(28)32)19-8-4-2-5-9-19/h2,4-5,8-9,12-15,21,23,26-27H,3,6-7,10-11,16-17H2,1H3. The number of ketones is 1. The summed E-state index contributed by atoms with van der Waals surface area (Å²) in [5, 5.41) is 0. The number of rotatable bonds is 4. The maximum absolute atomic E-state index is 13.6. The molecule has 0 spiro atoms. The summed E-state index contributed by atoms with van der Waals surface area (Å²) in [6.45, 7) is 1.92. The van der Waals surface area contributed by atoms with E-state index in [9.17, 15) is 9.59 Å². The molecule has 4 nitrogen and oxygen atoms in total. The molecule has 0 radical (unpaired) electrons. The topological polar surface area (TPSA) is 55.7 Å². The van der Waals surface area contributed by atoms with Crippen LogP contribution in [0.1, 0.15) is 74.8 Å². The van der Waals surface area contributed by atoms with Gasteiger partial charge in [0.25, 0.3) is 0 Å². The Bertz CT molecular complexity index is 1130. The summed E-state index contributed by atoms with van der Waals surface area (Å²) in [5.41, 5.74) is 4.40. The predicted octanol–water partition coefficient (Wildman–Crippen LogP) is 6.90. The molecule has 1 fully saturated rings. The van der Waals surface area contributed by atoms with Gasteiger partial charge in [0.1, 0.15) is 12.0 Å². The Labute approximate surface area is 209 Å². The van der Waals surface area contributed by atoms with Gasteiger partial charge in [0, 0.05) is 33.8 Å². The number of carbonyl (C=O) groups is 2. The first kappa shape index (κ1) is 23.2. The number of nitrogens with zero attached hydrogens (tertiary/aromatic N) is 1. The van der Waals surface area contributed by atoms with Crippen molar-refractivity contribution in [2.75, 3.05) is 0 Å². The van der Waals surface area contributed by atoms with Crippen LogP contribution in [0.25, 0.3) is 0 Å². The average molecular weight is 520 g/mol. The molecule has 2 aliphatic carbocycles. The molecule has 3 unspecified atom stereocenters. The SMILES string of the molecule is CC1=NC2=C(C(=O)CC(c3ccccc3)C2)C(c2ccc(Br)cc2)C1C(=O)OC1CCCCC1. The Kier molecular flexibility index (Phi) is 6.82. The van der Waals surface area contributed by atoms with Crippen LogP contribution in [-0.4, -0.2) is 23.6 Å². The summed E-state index contributed by atoms with van der Waals surface area (Å²) in [5.74, 6) is -0.972. The van der Waals surface area contributed by atoms with Gasteiger partial charge in [-0.25, -0.2) is 0 Å². The molecule has 1 aliphatic heterocycles. The van der Waals surface area contributed by atoms with E-state index in [1.165, 1.54) is 6.42 Å². The van der Waals surface area contributed by atoms with Gasteiger partial charge >= 0.3 is 5.97 Å². The van der Waals surface area contributed by atoms with Crippen LogP contribution in [-0.2, 0) is 14.3 Å². The highest BCUT2D eigenvalue weighted by atomic mass is 79.9. The van der Waals surface area contributed by atoms with Crippen molar-refractivity contribution in [2.45, 2.75) is 69.8 Å². The van der Waals surface area contributed by atoms with Crippen LogP contribution in [0, 0.1) is 5.92 Å². The van der Waals surface area contributed by atoms with E-state index in [-0.39, 0.29) is 29.7 Å². The molecule has 5 heteroatoms. The van der Waals surface area contributed by atoms with E-state index >= 15 is 0 Å². The summed E-state index contributed by atoms with van der Waals surface area (Å²) in [7, 11) is 0. The molecule has 34 heavy (non-hydrogen) atoms. The van der Waals surface area contributed by atoms with E-state index < -0.39 is 5.92 Å². The molecule has 1 saturated carbocycles. The van der Waals surface area contributed by atoms with Crippen molar-refractivity contribution in [3.05, 3.63) is 81.5 Å². The molecule has 0 bridgehead atoms. The van der Waals surface area contributed by atoms with Gasteiger partial charge in [-0.2, -0.15) is 0 Å². The first-order chi connectivity index (χ1) is 16.5. The average Bonchev–Trinajstić information content (AvgIpc) is 2.84. The zero-order chi connectivity index (χ0) is 23.7. The zero-order valence-electron chi connectivity index (χ0n) is 19.5. The van der Waals surface area contributed by atoms with Gasteiger partial charge in [0.2, 0.25) is 0 Å². The van der Waals surface area contributed by atoms with Gasteiger partial charge in [-0.15, -0.1) is 0 Å². The molecule has 0 amide bonds. The van der Waals surface area contributed by atoms with E-state index in [1.54, 1.807) is 0 Å². The minimum Gasteiger partial charge on any atom is -0.462 e. The van der Waals surface area contributed by atoms with Crippen LogP contribution in [0.5, 0.6) is 0 Å². The van der Waals surface area contributed by atoms with E-state index in [4.69, 9.17) is 9.73 Å². The Hall–Kier alpha value is -2.53. The van der Waals surface area contributed by atoms with Crippen LogP contribution >= 0.6 is 15.9 Å². The zero-order valence-corrected chi connectivity index (χ0v) is 21.1. The number of carbonyl (C=O) groups excluding carboxylic acids is 2. The van der Waals surface area contributed by atoms with Crippen molar-refractivity contribution in [1.29, 1.82) is 0 Å². The number of aliphatic imine (C=N–C) groups is 1. The second kappa shape index (κ2) is 9.99. The highest BCUT2D eigenvalue weighted by Crippen LogP contribution is 2.47. The fraction of sp³-hybridized carbons (Fsp3) is 0.414. The van der Waals surface area contributed by atoms with E-state index in [2.05, 4.69) is 28.1 Å². The fourth-order valence-corrected chi connectivity index (χ4v) is 6.04. The second-order valence-electron chi connectivity index (χ2n) is 9.76. The maximum Gasteiger partial charge on any atom is 0.315 e. The van der Waals surface area contributed by atoms with Crippen molar-refractivity contribution in [3.63, 3.8) is 0 Å². The molecule has 3 atom stereocenters. The number of hydrogen-bond donors (Lipinski definition) is 0. The van der Waals surface area contributed by atoms with Crippen LogP contribution < -0.4 is 0 Å². The third-order valence-electron chi connectivity index (χ3n) is 7.48. The molecule has 2 aromatic carbocycles. The van der Waals surface area contributed by atoms with Crippen LogP contribution in [0.3, 0.4) is 0 Å². The van der Waals surface area contributed by atoms with Gasteiger partial charge in [-0.05, 0) is 68.2 Å². The summed E-state index contributed by atoms with van der Waals surface area (Å²) >= 11 is 3.51. The van der Waals surface area contributed by atoms with Crippen molar-refractivity contribution in [3.8, 4) is 0 Å². The Morgan fingerprint density at radius 3 is 2.35 bits per heavy atom. The normalized spacial score (nSPS) is 25.5. The molecular formula is C29H30BrNO3. The van der Waals surface area contributed by atoms with Crippen molar-refractivity contribution in [2.24, 2.45) is 10.9 Å². The van der Waals surface area contributed by atoms with Gasteiger partial charge in [-0.1, -0.05) is 64.8 Å². The summed E-state index contributed by atoms with van der Waals surface area (Å²) < 4.78 is 6.98. The predicted molar refractivity (Wildman–Crippen MR) is 137 cm³/mol. The smallest absolute Gasteiger partial charge is 0.315 e. The summed E-state index contributed by atoms with van der Waals surface area (Å²) in [6, 6.07) is 18.2. The molecule has 5 rings (SSSR count). The second-order valence-corrected chi connectivity index (χ2v) is 10.7. The lowest BCUT2D eigenvalue weighted by molar-refractivity contribution is -0.153. The van der Waals surface area contributed by atoms with E-state index in [0.29, 0.717) is 18.4 Å². The molecule has 0 aromatic heterocycles. The first-order valence-electron chi connectivity index (χ1n) is 12.3. The molecule has 3 aliphatic rings. The Morgan fingerprint density at radius 1 is 0.941 bits per heavy atom. The number of hydrogen-bond acceptors (Lipinski definition) is 4. The molecule has 176 valence electrons. The molecule has 0 saturated heterocycles. The molecular weight excluding hydrogens is 490 g/mol. The lowest BCUT2D eigenvalue weighted by Crippen LogP contribution is -2.39. The quantitative estimate of drug-likeness (QED) is 0.412. The number of esters is 1. The van der Waals surface area contributed by atoms with Crippen LogP contribution in [0.4, 0.5) is 0 Å². The van der Waals surface area contributed by atoms with Gasteiger partial charge in [0.05, 0.1) is 0 Å². The molecule has 0 N–H and O–H groups in total. The van der Waals surface area contributed by atoms with Crippen molar-refractivity contribution in [1.82, 2.24) is 0 Å². The van der Waals surface area contributed by atoms with E-state index in [1.807, 2.05) is 49.4 Å². The third kappa shape index (κ3) is 4.68. The Morgan fingerprint density at radius 2 is 1.65 bits per heavy atom. The minimum absolute atomic E-state index is 0.0282. The Balaban J connectivity index is 1.52. The largest absolute Gasteiger partial charge is 0.462 e. The number of ether oxygens (including phenoxy) is 1. The first-order valence-corrected chi connectivity index (χ1v) is 13.1. The lowest BCUT2D eigenvalue weighted by Gasteiger charge is -2.37. The monoisotopic (exact) mass is 519 g/mol. The van der Waals surface area contributed by atoms with E-state index in [0.717, 1.165) is 52.7 Å². The van der Waals surface area contributed by atoms with Crippen LogP contribution in [0.2, 0.25) is 0 Å². The minimum atomic E-state index is -0.570. The van der Waals surface area contributed by atoms with Crippen molar-refractivity contribution >= 4 is 33.4 Å². The summed E-state index contributed by atoms with van der Waals surface area (Å²) in [6.07, 6.45) is 6.36. The number of benzene rings is 2.